The third-order valence-corrected chi connectivity index (χ3v) is 2.62. The van der Waals surface area contributed by atoms with Crippen molar-refractivity contribution in [2.45, 2.75) is 19.9 Å². The second-order valence-electron chi connectivity index (χ2n) is 4.11. The number of carbonyl (C=O) groups is 1. The molecule has 100 valence electrons. The summed E-state index contributed by atoms with van der Waals surface area (Å²) in [7, 11) is 0. The summed E-state index contributed by atoms with van der Waals surface area (Å²) < 4.78 is 0. The van der Waals surface area contributed by atoms with Crippen LogP contribution in [0.5, 0.6) is 0 Å². The number of nitrogens with one attached hydrogen (secondary N) is 3. The maximum Gasteiger partial charge on any atom is 0.270 e. The molecule has 2 aromatic rings. The quantitative estimate of drug-likeness (QED) is 0.763. The first-order chi connectivity index (χ1) is 9.20. The minimum Gasteiger partial charge on any atom is -0.370 e. The van der Waals surface area contributed by atoms with E-state index in [1.54, 1.807) is 24.5 Å². The van der Waals surface area contributed by atoms with Crippen LogP contribution in [0.1, 0.15) is 36.2 Å². The third-order valence-electron chi connectivity index (χ3n) is 2.62. The minimum atomic E-state index is -0.219. The number of anilines is 1. The summed E-state index contributed by atoms with van der Waals surface area (Å²) >= 11 is 0. The molecule has 1 unspecified atom stereocenters. The van der Waals surface area contributed by atoms with Crippen LogP contribution in [0.2, 0.25) is 0 Å². The Morgan fingerprint density at radius 1 is 1.47 bits per heavy atom. The number of pyridine rings is 1. The Balaban J connectivity index is 2.05. The van der Waals surface area contributed by atoms with E-state index in [-0.39, 0.29) is 11.9 Å². The fraction of sp³-hybridized carbons (Fsp3) is 0.308. The third kappa shape index (κ3) is 3.31. The molecular weight excluding hydrogens is 242 g/mol. The average Bonchev–Trinajstić information content (AvgIpc) is 2.93. The Bertz CT molecular complexity index is 538. The van der Waals surface area contributed by atoms with Gasteiger partial charge in [0.15, 0.2) is 0 Å². The van der Waals surface area contributed by atoms with Crippen molar-refractivity contribution in [1.82, 2.24) is 20.3 Å². The summed E-state index contributed by atoms with van der Waals surface area (Å²) in [6.45, 7) is 4.61. The van der Waals surface area contributed by atoms with Gasteiger partial charge in [-0.2, -0.15) is 0 Å². The first kappa shape index (κ1) is 13.1. The van der Waals surface area contributed by atoms with Gasteiger partial charge in [-0.3, -0.25) is 4.79 Å². The van der Waals surface area contributed by atoms with Gasteiger partial charge in [-0.1, -0.05) is 6.07 Å². The fourth-order valence-electron chi connectivity index (χ4n) is 1.69. The molecule has 1 atom stereocenters. The number of aromatic amines is 1. The zero-order valence-electron chi connectivity index (χ0n) is 11.0. The summed E-state index contributed by atoms with van der Waals surface area (Å²) in [4.78, 5) is 23.4. The highest BCUT2D eigenvalue weighted by atomic mass is 16.1. The summed E-state index contributed by atoms with van der Waals surface area (Å²) in [5, 5.41) is 5.92. The average molecular weight is 259 g/mol. The molecule has 0 fully saturated rings. The zero-order chi connectivity index (χ0) is 13.7. The molecular formula is C13H17N5O. The van der Waals surface area contributed by atoms with E-state index < -0.39 is 0 Å². The first-order valence-corrected chi connectivity index (χ1v) is 6.21. The fourth-order valence-corrected chi connectivity index (χ4v) is 1.69. The monoisotopic (exact) mass is 259 g/mol. The number of hydrogen-bond acceptors (Lipinski definition) is 4. The predicted molar refractivity (Wildman–Crippen MR) is 72.9 cm³/mol. The lowest BCUT2D eigenvalue weighted by molar-refractivity contribution is 0.0933. The molecule has 3 N–H and O–H groups in total. The number of aromatic nitrogens is 3. The lowest BCUT2D eigenvalue weighted by atomic mass is 10.2. The predicted octanol–water partition coefficient (Wildman–Crippen LogP) is 1.73. The molecule has 19 heavy (non-hydrogen) atoms. The summed E-state index contributed by atoms with van der Waals surface area (Å²) in [6.07, 6.45) is 3.38. The van der Waals surface area contributed by atoms with Crippen molar-refractivity contribution < 1.29 is 4.79 Å². The van der Waals surface area contributed by atoms with Gasteiger partial charge in [0, 0.05) is 18.9 Å². The minimum absolute atomic E-state index is 0.188. The number of imidazole rings is 1. The van der Waals surface area contributed by atoms with Gasteiger partial charge >= 0.3 is 0 Å². The van der Waals surface area contributed by atoms with Crippen molar-refractivity contribution >= 4 is 11.7 Å². The van der Waals surface area contributed by atoms with Gasteiger partial charge < -0.3 is 15.6 Å². The van der Waals surface area contributed by atoms with Gasteiger partial charge in [0.2, 0.25) is 0 Å². The van der Waals surface area contributed by atoms with Crippen LogP contribution < -0.4 is 10.6 Å². The van der Waals surface area contributed by atoms with E-state index in [1.165, 1.54) is 0 Å². The van der Waals surface area contributed by atoms with E-state index in [9.17, 15) is 4.79 Å². The molecule has 0 aliphatic carbocycles. The Kier molecular flexibility index (Phi) is 4.12. The van der Waals surface area contributed by atoms with Crippen LogP contribution in [0.25, 0.3) is 0 Å². The van der Waals surface area contributed by atoms with Crippen molar-refractivity contribution in [3.8, 4) is 0 Å². The number of nitrogens with zero attached hydrogens (tertiary/aromatic N) is 2. The molecule has 0 radical (unpaired) electrons. The molecule has 0 aliphatic rings. The molecule has 0 aromatic carbocycles. The van der Waals surface area contributed by atoms with E-state index >= 15 is 0 Å². The lowest BCUT2D eigenvalue weighted by Crippen LogP contribution is -2.28. The summed E-state index contributed by atoms with van der Waals surface area (Å²) in [6, 6.07) is 5.13. The highest BCUT2D eigenvalue weighted by Crippen LogP contribution is 2.08. The Morgan fingerprint density at radius 3 is 3.00 bits per heavy atom. The smallest absolute Gasteiger partial charge is 0.270 e. The maximum atomic E-state index is 12.1. The van der Waals surface area contributed by atoms with E-state index in [0.717, 1.165) is 12.4 Å². The normalized spacial score (nSPS) is 11.9. The van der Waals surface area contributed by atoms with Gasteiger partial charge in [0.25, 0.3) is 5.91 Å². The van der Waals surface area contributed by atoms with Gasteiger partial charge in [-0.15, -0.1) is 0 Å². The van der Waals surface area contributed by atoms with Gasteiger partial charge in [-0.05, 0) is 26.0 Å². The van der Waals surface area contributed by atoms with Crippen LogP contribution in [0.3, 0.4) is 0 Å². The van der Waals surface area contributed by atoms with Crippen molar-refractivity contribution in [3.63, 3.8) is 0 Å². The van der Waals surface area contributed by atoms with Crippen LogP contribution >= 0.6 is 0 Å². The number of carbonyl (C=O) groups excluding carboxylic acids is 1. The lowest BCUT2D eigenvalue weighted by Gasteiger charge is -2.11. The topological polar surface area (TPSA) is 82.7 Å². The maximum absolute atomic E-state index is 12.1. The standard InChI is InChI=1S/C13H17N5O/c1-3-14-11-6-4-5-10(18-11)13(19)17-9(2)12-15-7-8-16-12/h4-9H,3H2,1-2H3,(H,14,18)(H,15,16)(H,17,19). The number of H-pyrrole nitrogens is 1. The van der Waals surface area contributed by atoms with Crippen LogP contribution in [-0.2, 0) is 0 Å². The van der Waals surface area contributed by atoms with Crippen molar-refractivity contribution in [1.29, 1.82) is 0 Å². The molecule has 6 heteroatoms. The SMILES string of the molecule is CCNc1cccc(C(=O)NC(C)c2ncc[nH]2)n1. The van der Waals surface area contributed by atoms with Gasteiger partial charge in [0.1, 0.15) is 17.3 Å². The van der Waals surface area contributed by atoms with Gasteiger partial charge in [0.05, 0.1) is 6.04 Å². The zero-order valence-corrected chi connectivity index (χ0v) is 11.0. The highest BCUT2D eigenvalue weighted by Gasteiger charge is 2.14. The van der Waals surface area contributed by atoms with E-state index in [2.05, 4.69) is 25.6 Å². The molecule has 0 saturated heterocycles. The summed E-state index contributed by atoms with van der Waals surface area (Å²) in [5.41, 5.74) is 0.386. The van der Waals surface area contributed by atoms with Crippen molar-refractivity contribution in [2.75, 3.05) is 11.9 Å². The van der Waals surface area contributed by atoms with E-state index in [4.69, 9.17) is 0 Å². The molecule has 0 bridgehead atoms. The van der Waals surface area contributed by atoms with Crippen LogP contribution in [-0.4, -0.2) is 27.4 Å². The number of hydrogen-bond donors (Lipinski definition) is 3. The van der Waals surface area contributed by atoms with Crippen LogP contribution in [0.15, 0.2) is 30.6 Å². The Labute approximate surface area is 111 Å². The van der Waals surface area contributed by atoms with E-state index in [0.29, 0.717) is 11.5 Å². The summed E-state index contributed by atoms with van der Waals surface area (Å²) in [5.74, 6) is 1.20. The first-order valence-electron chi connectivity index (χ1n) is 6.21. The molecule has 2 aromatic heterocycles. The number of amides is 1. The van der Waals surface area contributed by atoms with Crippen LogP contribution in [0.4, 0.5) is 5.82 Å². The molecule has 0 saturated carbocycles. The molecule has 6 nitrogen and oxygen atoms in total. The molecule has 1 amide bonds. The van der Waals surface area contributed by atoms with Gasteiger partial charge in [-0.25, -0.2) is 9.97 Å². The Morgan fingerprint density at radius 2 is 2.32 bits per heavy atom. The van der Waals surface area contributed by atoms with Crippen molar-refractivity contribution in [2.24, 2.45) is 0 Å². The van der Waals surface area contributed by atoms with Crippen molar-refractivity contribution in [3.05, 3.63) is 42.1 Å². The molecule has 0 spiro atoms. The Hall–Kier alpha value is -2.37. The van der Waals surface area contributed by atoms with E-state index in [1.807, 2.05) is 19.9 Å². The molecule has 2 rings (SSSR count). The highest BCUT2D eigenvalue weighted by molar-refractivity contribution is 5.92. The molecule has 2 heterocycles. The number of rotatable bonds is 5. The second kappa shape index (κ2) is 5.99. The largest absolute Gasteiger partial charge is 0.370 e. The van der Waals surface area contributed by atoms with Crippen LogP contribution in [0, 0.1) is 0 Å². The second-order valence-corrected chi connectivity index (χ2v) is 4.11. The molecule has 0 aliphatic heterocycles.